The quantitative estimate of drug-likeness (QED) is 0.0469. The SMILES string of the molecule is CC(=O)OC[C@H]1O[C@H](Br)[C@H](OC(C)=O)[C@@H](OC(C)=O)[C@@H]1OC(C)=O.CCOc1ccc(Cc2c(C)n(C(C)C)[nH]c2=O)c(F)c1.CCOc1ccc(Cc2c(O[C@@H]3O[C@H](COC(C)=O)[C@@H](OC(C)=O)[C@H](OC(C)=O)[C@H]3OC(C)=O)nn(C(C)C)c2C)c(F)c1. The van der Waals surface area contributed by atoms with E-state index in [9.17, 15) is 47.5 Å². The molecule has 0 saturated carbocycles. The summed E-state index contributed by atoms with van der Waals surface area (Å²) in [7, 11) is 0. The monoisotopic (exact) mass is 1320 g/mol. The van der Waals surface area contributed by atoms with Crippen molar-refractivity contribution in [3.05, 3.63) is 92.0 Å². The smallest absolute Gasteiger partial charge is 0.303 e. The van der Waals surface area contributed by atoms with Crippen LogP contribution in [0.5, 0.6) is 17.4 Å². The van der Waals surface area contributed by atoms with Gasteiger partial charge in [0.2, 0.25) is 18.3 Å². The highest BCUT2D eigenvalue weighted by atomic mass is 79.9. The van der Waals surface area contributed by atoms with Gasteiger partial charge in [-0.05, 0) is 78.6 Å². The molecule has 6 rings (SSSR count). The number of nitrogens with one attached hydrogen (secondary N) is 1. The maximum absolute atomic E-state index is 15.1. The molecule has 4 aromatic rings. The molecule has 29 heteroatoms. The molecule has 2 aromatic carbocycles. The number of hydrogen-bond acceptors (Lipinski definition) is 23. The highest BCUT2D eigenvalue weighted by molar-refractivity contribution is 9.09. The number of alkyl halides is 1. The van der Waals surface area contributed by atoms with Gasteiger partial charge in [-0.3, -0.25) is 57.6 Å². The summed E-state index contributed by atoms with van der Waals surface area (Å²) in [6.45, 7) is 24.6. The number of aromatic nitrogens is 4. The van der Waals surface area contributed by atoms with Crippen LogP contribution in [0.2, 0.25) is 0 Å². The fourth-order valence-corrected chi connectivity index (χ4v) is 10.1. The maximum Gasteiger partial charge on any atom is 0.303 e. The van der Waals surface area contributed by atoms with Crippen molar-refractivity contribution >= 4 is 63.7 Å². The number of nitrogens with zero attached hydrogens (tertiary/aromatic N) is 3. The van der Waals surface area contributed by atoms with Gasteiger partial charge in [0.1, 0.15) is 48.6 Å². The highest BCUT2D eigenvalue weighted by Crippen LogP contribution is 2.36. The normalized spacial score (nSPS) is 21.1. The zero-order valence-corrected chi connectivity index (χ0v) is 54.2. The molecule has 4 heterocycles. The van der Waals surface area contributed by atoms with Crippen LogP contribution in [0, 0.1) is 25.5 Å². The summed E-state index contributed by atoms with van der Waals surface area (Å²) in [6, 6.07) is 9.36. The molecule has 0 radical (unpaired) electrons. The lowest BCUT2D eigenvalue weighted by Gasteiger charge is -2.43. The van der Waals surface area contributed by atoms with Crippen molar-refractivity contribution in [3.63, 3.8) is 0 Å². The number of benzene rings is 2. The number of halogens is 3. The molecular weight excluding hydrogens is 1250 g/mol. The summed E-state index contributed by atoms with van der Waals surface area (Å²) in [5.74, 6) is -5.39. The van der Waals surface area contributed by atoms with Gasteiger partial charge in [-0.15, -0.1) is 5.10 Å². The summed E-state index contributed by atoms with van der Waals surface area (Å²) in [5.41, 5.74) is 3.31. The van der Waals surface area contributed by atoms with Gasteiger partial charge in [0.25, 0.3) is 5.56 Å². The van der Waals surface area contributed by atoms with Gasteiger partial charge in [-0.2, -0.15) is 0 Å². The van der Waals surface area contributed by atoms with Crippen molar-refractivity contribution in [2.75, 3.05) is 26.4 Å². The zero-order valence-electron chi connectivity index (χ0n) is 52.6. The molecule has 2 aromatic heterocycles. The maximum atomic E-state index is 15.1. The van der Waals surface area contributed by atoms with Gasteiger partial charge in [-0.25, -0.2) is 8.78 Å². The van der Waals surface area contributed by atoms with E-state index >= 15 is 4.39 Å². The molecule has 1 N–H and O–H groups in total. The second kappa shape index (κ2) is 34.2. The van der Waals surface area contributed by atoms with Crippen LogP contribution >= 0.6 is 15.9 Å². The van der Waals surface area contributed by atoms with Crippen molar-refractivity contribution in [1.29, 1.82) is 0 Å². The minimum Gasteiger partial charge on any atom is -0.494 e. The van der Waals surface area contributed by atoms with Crippen molar-refractivity contribution < 1.29 is 109 Å². The molecule has 0 bridgehead atoms. The van der Waals surface area contributed by atoms with Gasteiger partial charge in [-0.1, -0.05) is 28.1 Å². The number of ether oxygens (including phenoxy) is 13. The Morgan fingerprint density at radius 1 is 0.562 bits per heavy atom. The standard InChI is InChI=1S/C30H39FN2O11.C16H21FN2O2.C14H19BrO9/c1-9-38-22-11-10-21(24(31)13-22)12-23-16(4)33(15(2)3)32-29(23)44-30-28(42-20(8)37)27(41-19(7)36)26(40-18(6)35)25(43-30)14-39-17(5)34;1-5-21-13-7-6-12(15(17)9-13)8-14-11(4)19(10(2)3)18-16(14)20;1-6(16)20-5-10-11(21-7(2)17)12(22-8(3)18)13(14(15)24-10)23-9(4)19/h10-11,13,15,25-28,30H,9,12,14H2,1-8H3;6-7,9-10H,5,8H2,1-4H3,(H,18,20);10-14H,5H2,1-4H3/t25-,26-,27+,28-,30+;;10-,11-,12+,13-,14+/m1.1/s1. The first-order chi connectivity index (χ1) is 41.8. The van der Waals surface area contributed by atoms with Gasteiger partial charge < -0.3 is 61.6 Å². The second-order valence-electron chi connectivity index (χ2n) is 20.8. The molecule has 2 fully saturated rings. The van der Waals surface area contributed by atoms with E-state index in [0.717, 1.165) is 40.3 Å². The summed E-state index contributed by atoms with van der Waals surface area (Å²) < 4.78 is 103. The Hall–Kier alpha value is -7.92. The molecule has 2 saturated heterocycles. The predicted molar refractivity (Wildman–Crippen MR) is 312 cm³/mol. The van der Waals surface area contributed by atoms with Crippen LogP contribution in [0.25, 0.3) is 0 Å². The summed E-state index contributed by atoms with van der Waals surface area (Å²) in [5, 5.41) is 6.53. The van der Waals surface area contributed by atoms with Crippen LogP contribution < -0.4 is 19.8 Å². The summed E-state index contributed by atoms with van der Waals surface area (Å²) >= 11 is 3.18. The molecule has 26 nitrogen and oxygen atoms in total. The Labute approximate surface area is 521 Å². The average molecular weight is 1330 g/mol. The van der Waals surface area contributed by atoms with Crippen LogP contribution in [0.3, 0.4) is 0 Å². The molecule has 492 valence electrons. The van der Waals surface area contributed by atoms with E-state index in [1.54, 1.807) is 42.8 Å². The molecule has 0 unspecified atom stereocenters. The third-order valence-corrected chi connectivity index (χ3v) is 13.8. The average Bonchev–Trinajstić information content (AvgIpc) is 1.73. The number of esters is 8. The molecule has 2 aliphatic heterocycles. The number of carbonyl (C=O) groups excluding carboxylic acids is 8. The Morgan fingerprint density at radius 3 is 1.36 bits per heavy atom. The lowest BCUT2D eigenvalue weighted by molar-refractivity contribution is -0.289. The number of H-pyrrole nitrogens is 1. The molecular formula is C60H79BrF2N4O22. The third-order valence-electron chi connectivity index (χ3n) is 13.1. The van der Waals surface area contributed by atoms with E-state index in [4.69, 9.17) is 61.6 Å². The number of rotatable bonds is 22. The van der Waals surface area contributed by atoms with E-state index in [2.05, 4.69) is 26.1 Å². The highest BCUT2D eigenvalue weighted by Gasteiger charge is 2.54. The molecule has 0 spiro atoms. The minimum atomic E-state index is -1.49. The van der Waals surface area contributed by atoms with Crippen LogP contribution in [-0.4, -0.2) is 154 Å². The molecule has 10 atom stereocenters. The lowest BCUT2D eigenvalue weighted by Crippen LogP contribution is -2.63. The summed E-state index contributed by atoms with van der Waals surface area (Å²) in [6.07, 6.45) is -10.8. The van der Waals surface area contributed by atoms with Crippen LogP contribution in [-0.2, 0) is 98.6 Å². The Bertz CT molecular complexity index is 3180. The first kappa shape index (κ1) is 73.5. The lowest BCUT2D eigenvalue weighted by atomic mass is 9.98. The first-order valence-corrected chi connectivity index (χ1v) is 29.3. The number of aromatic amines is 1. The van der Waals surface area contributed by atoms with E-state index in [0.29, 0.717) is 52.7 Å². The second-order valence-corrected chi connectivity index (χ2v) is 21.7. The minimum absolute atomic E-state index is 0.0328. The fourth-order valence-electron chi connectivity index (χ4n) is 9.43. The van der Waals surface area contributed by atoms with E-state index in [-0.39, 0.29) is 48.8 Å². The molecule has 0 amide bonds. The van der Waals surface area contributed by atoms with Crippen LogP contribution in [0.15, 0.2) is 41.2 Å². The Balaban J connectivity index is 0.000000316. The van der Waals surface area contributed by atoms with Gasteiger partial charge in [0.05, 0.1) is 13.2 Å². The number of hydrogen-bond donors (Lipinski definition) is 1. The van der Waals surface area contributed by atoms with Crippen molar-refractivity contribution in [1.82, 2.24) is 19.6 Å². The largest absolute Gasteiger partial charge is 0.494 e. The van der Waals surface area contributed by atoms with Gasteiger partial charge >= 0.3 is 47.8 Å². The molecule has 0 aliphatic carbocycles. The topological polar surface area (TPSA) is 312 Å². The van der Waals surface area contributed by atoms with E-state index < -0.39 is 120 Å². The van der Waals surface area contributed by atoms with E-state index in [1.807, 2.05) is 46.2 Å². The van der Waals surface area contributed by atoms with Crippen molar-refractivity contribution in [2.24, 2.45) is 0 Å². The van der Waals surface area contributed by atoms with Crippen LogP contribution in [0.4, 0.5) is 8.78 Å². The molecule has 2 aliphatic rings. The first-order valence-electron chi connectivity index (χ1n) is 28.4. The van der Waals surface area contributed by atoms with Crippen LogP contribution in [0.1, 0.15) is 143 Å². The Morgan fingerprint density at radius 2 is 0.966 bits per heavy atom. The zero-order chi connectivity index (χ0) is 66.7. The predicted octanol–water partition coefficient (Wildman–Crippen LogP) is 7.02. The fraction of sp³-hybridized carbons (Fsp3) is 0.567. The Kier molecular flexibility index (Phi) is 28.2. The van der Waals surface area contributed by atoms with E-state index in [1.165, 1.54) is 32.9 Å². The summed E-state index contributed by atoms with van der Waals surface area (Å²) in [4.78, 5) is 105. The number of carbonyl (C=O) groups is 8. The van der Waals surface area contributed by atoms with Gasteiger partial charge in [0, 0.05) is 115 Å². The van der Waals surface area contributed by atoms with Crippen molar-refractivity contribution in [3.8, 4) is 17.4 Å². The van der Waals surface area contributed by atoms with Gasteiger partial charge in [0.15, 0.2) is 35.5 Å². The molecule has 89 heavy (non-hydrogen) atoms. The van der Waals surface area contributed by atoms with Crippen molar-refractivity contribution in [2.45, 2.75) is 196 Å². The third kappa shape index (κ3) is 21.7.